The van der Waals surface area contributed by atoms with Crippen molar-refractivity contribution in [1.82, 2.24) is 9.78 Å². The maximum Gasteiger partial charge on any atom is 0.277 e. The van der Waals surface area contributed by atoms with Gasteiger partial charge < -0.3 is 15.5 Å². The van der Waals surface area contributed by atoms with Gasteiger partial charge in [0.25, 0.3) is 5.56 Å². The summed E-state index contributed by atoms with van der Waals surface area (Å²) in [6.45, 7) is 0. The molecule has 0 saturated carbocycles. The number of phenols is 2. The second-order valence-corrected chi connectivity index (χ2v) is 9.60. The Kier molecular flexibility index (Phi) is 4.70. The number of hydrogen-bond acceptors (Lipinski definition) is 6. The number of nitrogens with one attached hydrogen (secondary N) is 2. The summed E-state index contributed by atoms with van der Waals surface area (Å²) in [6, 6.07) is 17.7. The molecular formula is C26H21N3O4S. The number of allylic oxidation sites excluding steroid dienone is 2. The van der Waals surface area contributed by atoms with Gasteiger partial charge in [-0.2, -0.15) is 0 Å². The van der Waals surface area contributed by atoms with Crippen LogP contribution in [0.5, 0.6) is 11.5 Å². The molecule has 2 atom stereocenters. The van der Waals surface area contributed by atoms with Crippen molar-refractivity contribution in [3.63, 3.8) is 0 Å². The first-order valence-corrected chi connectivity index (χ1v) is 11.9. The number of ketones is 1. The van der Waals surface area contributed by atoms with E-state index < -0.39 is 5.92 Å². The molecule has 1 aliphatic heterocycles. The van der Waals surface area contributed by atoms with E-state index in [1.165, 1.54) is 16.8 Å². The number of aromatic amines is 1. The molecule has 4 N–H and O–H groups in total. The lowest BCUT2D eigenvalue weighted by molar-refractivity contribution is -0.116. The Morgan fingerprint density at radius 1 is 0.941 bits per heavy atom. The lowest BCUT2D eigenvalue weighted by Crippen LogP contribution is -2.31. The predicted octanol–water partition coefficient (Wildman–Crippen LogP) is 4.60. The second-order valence-electron chi connectivity index (χ2n) is 8.62. The van der Waals surface area contributed by atoms with Gasteiger partial charge in [0, 0.05) is 34.4 Å². The minimum Gasteiger partial charge on any atom is -0.504 e. The number of benzene rings is 2. The summed E-state index contributed by atoms with van der Waals surface area (Å²) in [5.74, 6) is -0.638. The van der Waals surface area contributed by atoms with Crippen molar-refractivity contribution >= 4 is 22.9 Å². The SMILES string of the molecule is O=C1C[C@H](c2cccs2)CC2=C1[C@@H](c1ccc(O)c(O)c1)c1c([nH]n(-c3ccccc3)c1=O)N2. The molecule has 0 bridgehead atoms. The Morgan fingerprint density at radius 3 is 2.50 bits per heavy atom. The number of thiophene rings is 1. The molecule has 2 aromatic carbocycles. The molecule has 0 saturated heterocycles. The number of hydrogen-bond donors (Lipinski definition) is 4. The third-order valence-corrected chi connectivity index (χ3v) is 7.62. The van der Waals surface area contributed by atoms with Crippen LogP contribution in [0.1, 0.15) is 40.7 Å². The van der Waals surface area contributed by atoms with Crippen LogP contribution in [0.2, 0.25) is 0 Å². The molecule has 0 spiro atoms. The van der Waals surface area contributed by atoms with Gasteiger partial charge in [0.15, 0.2) is 17.3 Å². The van der Waals surface area contributed by atoms with E-state index in [9.17, 15) is 19.8 Å². The molecule has 4 aromatic rings. The van der Waals surface area contributed by atoms with Crippen LogP contribution in [0.15, 0.2) is 82.1 Å². The lowest BCUT2D eigenvalue weighted by Gasteiger charge is -2.34. The molecule has 7 nitrogen and oxygen atoms in total. The van der Waals surface area contributed by atoms with E-state index in [0.717, 1.165) is 10.6 Å². The van der Waals surface area contributed by atoms with Crippen molar-refractivity contribution in [2.24, 2.45) is 0 Å². The van der Waals surface area contributed by atoms with Gasteiger partial charge in [0.05, 0.1) is 11.3 Å². The first-order valence-electron chi connectivity index (χ1n) is 11.0. The Hall–Kier alpha value is -4.04. The van der Waals surface area contributed by atoms with E-state index in [0.29, 0.717) is 41.0 Å². The summed E-state index contributed by atoms with van der Waals surface area (Å²) >= 11 is 1.64. The third-order valence-electron chi connectivity index (χ3n) is 6.58. The quantitative estimate of drug-likeness (QED) is 0.327. The van der Waals surface area contributed by atoms with E-state index in [1.807, 2.05) is 47.8 Å². The maximum absolute atomic E-state index is 13.6. The molecule has 0 fully saturated rings. The molecular weight excluding hydrogens is 450 g/mol. The summed E-state index contributed by atoms with van der Waals surface area (Å²) in [6.07, 6.45) is 0.994. The molecule has 34 heavy (non-hydrogen) atoms. The Bertz CT molecular complexity index is 1500. The summed E-state index contributed by atoms with van der Waals surface area (Å²) in [5.41, 5.74) is 2.71. The number of anilines is 1. The maximum atomic E-state index is 13.6. The highest BCUT2D eigenvalue weighted by Crippen LogP contribution is 2.48. The average molecular weight is 472 g/mol. The number of Topliss-reactive ketones (excluding diaryl/α,β-unsaturated/α-hetero) is 1. The van der Waals surface area contributed by atoms with Crippen LogP contribution in [-0.2, 0) is 4.79 Å². The standard InChI is InChI=1S/C26H21N3O4S/c30-18-9-8-14(12-19(18)31)22-23-17(11-15(13-20(23)32)21-7-4-10-34-21)27-25-24(22)26(33)29(28-25)16-5-2-1-3-6-16/h1-10,12,15,22,27-28,30-31H,11,13H2/t15-,22-/m1/s1. The van der Waals surface area contributed by atoms with Crippen LogP contribution >= 0.6 is 11.3 Å². The minimum atomic E-state index is -0.664. The van der Waals surface area contributed by atoms with Crippen LogP contribution in [0.4, 0.5) is 5.82 Å². The fourth-order valence-electron chi connectivity index (χ4n) is 5.03. The Labute approximate surface area is 198 Å². The number of aromatic nitrogens is 2. The average Bonchev–Trinajstić information content (AvgIpc) is 3.49. The predicted molar refractivity (Wildman–Crippen MR) is 130 cm³/mol. The zero-order chi connectivity index (χ0) is 23.4. The van der Waals surface area contributed by atoms with E-state index in [4.69, 9.17) is 0 Å². The fraction of sp³-hybridized carbons (Fsp3) is 0.154. The molecule has 3 heterocycles. The molecule has 6 rings (SSSR count). The Morgan fingerprint density at radius 2 is 1.76 bits per heavy atom. The van der Waals surface area contributed by atoms with Crippen LogP contribution in [0.3, 0.4) is 0 Å². The van der Waals surface area contributed by atoms with Gasteiger partial charge >= 0.3 is 0 Å². The van der Waals surface area contributed by atoms with Gasteiger partial charge in [-0.1, -0.05) is 30.3 Å². The van der Waals surface area contributed by atoms with Crippen LogP contribution in [0.25, 0.3) is 5.69 Å². The number of para-hydroxylation sites is 1. The largest absolute Gasteiger partial charge is 0.504 e. The van der Waals surface area contributed by atoms with E-state index in [1.54, 1.807) is 17.4 Å². The molecule has 1 aliphatic carbocycles. The minimum absolute atomic E-state index is 0.0257. The molecule has 0 unspecified atom stereocenters. The van der Waals surface area contributed by atoms with Gasteiger partial charge in [-0.05, 0) is 47.7 Å². The first-order chi connectivity index (χ1) is 16.5. The lowest BCUT2D eigenvalue weighted by atomic mass is 9.74. The molecule has 0 radical (unpaired) electrons. The molecule has 2 aromatic heterocycles. The van der Waals surface area contributed by atoms with Crippen LogP contribution in [-0.4, -0.2) is 25.8 Å². The van der Waals surface area contributed by atoms with Crippen LogP contribution in [0, 0.1) is 0 Å². The van der Waals surface area contributed by atoms with Gasteiger partial charge in [-0.3, -0.25) is 14.7 Å². The number of rotatable bonds is 3. The molecule has 0 amide bonds. The van der Waals surface area contributed by atoms with E-state index in [2.05, 4.69) is 10.4 Å². The summed E-state index contributed by atoms with van der Waals surface area (Å²) < 4.78 is 1.46. The molecule has 2 aliphatic rings. The third kappa shape index (κ3) is 3.18. The normalized spacial score (nSPS) is 19.5. The van der Waals surface area contributed by atoms with Gasteiger partial charge in [-0.25, -0.2) is 4.68 Å². The Balaban J connectivity index is 1.54. The van der Waals surface area contributed by atoms with Crippen molar-refractivity contribution < 1.29 is 15.0 Å². The van der Waals surface area contributed by atoms with Crippen molar-refractivity contribution in [3.05, 3.63) is 104 Å². The second kappa shape index (κ2) is 7.78. The zero-order valence-electron chi connectivity index (χ0n) is 18.0. The summed E-state index contributed by atoms with van der Waals surface area (Å²) in [4.78, 5) is 28.3. The van der Waals surface area contributed by atoms with Gasteiger partial charge in [-0.15, -0.1) is 11.3 Å². The number of H-pyrrole nitrogens is 1. The zero-order valence-corrected chi connectivity index (χ0v) is 18.8. The number of aromatic hydroxyl groups is 2. The van der Waals surface area contributed by atoms with Crippen molar-refractivity contribution in [2.75, 3.05) is 5.32 Å². The van der Waals surface area contributed by atoms with Gasteiger partial charge in [0.2, 0.25) is 0 Å². The number of carbonyl (C=O) groups excluding carboxylic acids is 1. The summed E-state index contributed by atoms with van der Waals surface area (Å²) in [7, 11) is 0. The van der Waals surface area contributed by atoms with E-state index >= 15 is 0 Å². The molecule has 170 valence electrons. The highest BCUT2D eigenvalue weighted by Gasteiger charge is 2.41. The van der Waals surface area contributed by atoms with Crippen molar-refractivity contribution in [1.29, 1.82) is 0 Å². The van der Waals surface area contributed by atoms with Gasteiger partial charge in [0.1, 0.15) is 5.82 Å². The number of phenolic OH excluding ortho intramolecular Hbond substituents is 2. The molecule has 8 heteroatoms. The number of fused-ring (bicyclic) bond motifs is 1. The summed E-state index contributed by atoms with van der Waals surface area (Å²) in [5, 5.41) is 28.6. The van der Waals surface area contributed by atoms with Crippen molar-refractivity contribution in [3.8, 4) is 17.2 Å². The fourth-order valence-corrected chi connectivity index (χ4v) is 5.86. The monoisotopic (exact) mass is 471 g/mol. The smallest absolute Gasteiger partial charge is 0.277 e. The highest BCUT2D eigenvalue weighted by molar-refractivity contribution is 7.10. The number of nitrogens with zero attached hydrogens (tertiary/aromatic N) is 1. The van der Waals surface area contributed by atoms with Crippen LogP contribution < -0.4 is 10.9 Å². The first kappa shape index (κ1) is 20.6. The number of carbonyl (C=O) groups is 1. The topological polar surface area (TPSA) is 107 Å². The highest BCUT2D eigenvalue weighted by atomic mass is 32.1. The van der Waals surface area contributed by atoms with E-state index in [-0.39, 0.29) is 28.8 Å². The van der Waals surface area contributed by atoms with Crippen molar-refractivity contribution in [2.45, 2.75) is 24.7 Å².